The van der Waals surface area contributed by atoms with Gasteiger partial charge in [0.15, 0.2) is 0 Å². The van der Waals surface area contributed by atoms with Crippen LogP contribution in [0.3, 0.4) is 0 Å². The average Bonchev–Trinajstić information content (AvgIpc) is 3.25. The van der Waals surface area contributed by atoms with Crippen LogP contribution in [-0.4, -0.2) is 41.6 Å². The Bertz CT molecular complexity index is 1620. The predicted octanol–water partition coefficient (Wildman–Crippen LogP) is 8.73. The average molecular weight is 564 g/mol. The lowest BCUT2D eigenvalue weighted by Crippen LogP contribution is -2.16. The van der Waals surface area contributed by atoms with Crippen molar-refractivity contribution in [2.75, 3.05) is 32.5 Å². The van der Waals surface area contributed by atoms with Gasteiger partial charge in [-0.3, -0.25) is 0 Å². The van der Waals surface area contributed by atoms with E-state index in [0.29, 0.717) is 21.6 Å². The third-order valence-electron chi connectivity index (χ3n) is 6.51. The second-order valence-electron chi connectivity index (χ2n) is 9.62. The lowest BCUT2D eigenvalue weighted by atomic mass is 10.1. The number of hydrogen-bond donors (Lipinski definition) is 1. The van der Waals surface area contributed by atoms with E-state index < -0.39 is 0 Å². The summed E-state index contributed by atoms with van der Waals surface area (Å²) in [6.45, 7) is 2.52. The molecule has 0 unspecified atom stereocenters. The number of halogens is 3. The van der Waals surface area contributed by atoms with Crippen molar-refractivity contribution < 1.29 is 0 Å². The molecule has 5 rings (SSSR count). The number of hydrogen-bond acceptors (Lipinski definition) is 3. The van der Waals surface area contributed by atoms with Crippen molar-refractivity contribution in [3.63, 3.8) is 0 Å². The number of nitrogens with one attached hydrogen (secondary N) is 1. The van der Waals surface area contributed by atoms with Crippen molar-refractivity contribution in [1.82, 2.24) is 14.5 Å². The Balaban J connectivity index is 1.47. The van der Waals surface area contributed by atoms with Gasteiger partial charge in [-0.1, -0.05) is 71.2 Å². The first-order valence-corrected chi connectivity index (χ1v) is 13.7. The molecule has 0 atom stereocenters. The van der Waals surface area contributed by atoms with Gasteiger partial charge in [0.1, 0.15) is 0 Å². The van der Waals surface area contributed by atoms with Crippen molar-refractivity contribution >= 4 is 74.4 Å². The Morgan fingerprint density at radius 2 is 1.76 bits per heavy atom. The summed E-state index contributed by atoms with van der Waals surface area (Å²) in [5, 5.41) is 7.64. The second kappa shape index (κ2) is 11.8. The molecule has 0 saturated heterocycles. The zero-order chi connectivity index (χ0) is 26.6. The summed E-state index contributed by atoms with van der Waals surface area (Å²) in [6, 6.07) is 22.0. The van der Waals surface area contributed by atoms with E-state index in [1.807, 2.05) is 36.4 Å². The number of aromatic nitrogens is 2. The van der Waals surface area contributed by atoms with Crippen LogP contribution in [0.1, 0.15) is 23.2 Å². The first-order chi connectivity index (χ1) is 18.4. The Kier molecular flexibility index (Phi) is 8.25. The van der Waals surface area contributed by atoms with E-state index in [1.54, 1.807) is 0 Å². The third kappa shape index (κ3) is 6.00. The van der Waals surface area contributed by atoms with Crippen LogP contribution in [0.4, 0.5) is 5.69 Å². The van der Waals surface area contributed by atoms with Crippen molar-refractivity contribution in [3.8, 4) is 0 Å². The smallest absolute Gasteiger partial charge is 0.0731 e. The topological polar surface area (TPSA) is 33.1 Å². The maximum Gasteiger partial charge on any atom is 0.0731 e. The Hall–Kier alpha value is -3.02. The molecule has 7 heteroatoms. The SMILES string of the molecule is CN(C)CCCNc1cc(/C=C/c2cn(Cc3cccc(Cl)c3Cl)c3ccccc23)nc2ccc(Cl)cc12. The molecule has 0 aliphatic heterocycles. The van der Waals surface area contributed by atoms with Crippen LogP contribution in [0.5, 0.6) is 0 Å². The van der Waals surface area contributed by atoms with E-state index in [9.17, 15) is 0 Å². The van der Waals surface area contributed by atoms with Gasteiger partial charge in [-0.25, -0.2) is 4.98 Å². The summed E-state index contributed by atoms with van der Waals surface area (Å²) in [7, 11) is 4.18. The fraction of sp³-hybridized carbons (Fsp3) is 0.194. The quantitative estimate of drug-likeness (QED) is 0.182. The van der Waals surface area contributed by atoms with Crippen LogP contribution in [0.15, 0.2) is 72.9 Å². The van der Waals surface area contributed by atoms with E-state index >= 15 is 0 Å². The molecule has 0 aliphatic rings. The second-order valence-corrected chi connectivity index (χ2v) is 10.8. The van der Waals surface area contributed by atoms with Crippen LogP contribution in [0.25, 0.3) is 34.0 Å². The van der Waals surface area contributed by atoms with Crippen molar-refractivity contribution in [2.24, 2.45) is 0 Å². The van der Waals surface area contributed by atoms with Gasteiger partial charge in [-0.05, 0) is 75.1 Å². The summed E-state index contributed by atoms with van der Waals surface area (Å²) in [6.07, 6.45) is 7.38. The minimum absolute atomic E-state index is 0.565. The fourth-order valence-corrected chi connectivity index (χ4v) is 5.19. The zero-order valence-electron chi connectivity index (χ0n) is 21.4. The van der Waals surface area contributed by atoms with Crippen molar-refractivity contribution in [2.45, 2.75) is 13.0 Å². The van der Waals surface area contributed by atoms with Gasteiger partial charge < -0.3 is 14.8 Å². The Morgan fingerprint density at radius 3 is 2.61 bits per heavy atom. The molecule has 0 radical (unpaired) electrons. The molecule has 0 fully saturated rings. The summed E-state index contributed by atoms with van der Waals surface area (Å²) >= 11 is 19.1. The van der Waals surface area contributed by atoms with Crippen LogP contribution in [-0.2, 0) is 6.54 Å². The minimum atomic E-state index is 0.565. The molecular weight excluding hydrogens is 535 g/mol. The lowest BCUT2D eigenvalue weighted by Gasteiger charge is -2.13. The number of rotatable bonds is 9. The third-order valence-corrected chi connectivity index (χ3v) is 7.61. The zero-order valence-corrected chi connectivity index (χ0v) is 23.7. The highest BCUT2D eigenvalue weighted by Crippen LogP contribution is 2.30. The molecule has 0 amide bonds. The van der Waals surface area contributed by atoms with Crippen LogP contribution < -0.4 is 5.32 Å². The monoisotopic (exact) mass is 562 g/mol. The number of anilines is 1. The minimum Gasteiger partial charge on any atom is -0.384 e. The van der Waals surface area contributed by atoms with E-state index in [4.69, 9.17) is 39.8 Å². The van der Waals surface area contributed by atoms with Gasteiger partial charge in [-0.2, -0.15) is 0 Å². The van der Waals surface area contributed by atoms with Gasteiger partial charge >= 0.3 is 0 Å². The van der Waals surface area contributed by atoms with Crippen LogP contribution >= 0.6 is 34.8 Å². The summed E-state index contributed by atoms with van der Waals surface area (Å²) < 4.78 is 2.21. The van der Waals surface area contributed by atoms with Crippen LogP contribution in [0.2, 0.25) is 15.1 Å². The molecule has 38 heavy (non-hydrogen) atoms. The first-order valence-electron chi connectivity index (χ1n) is 12.6. The number of pyridine rings is 1. The van der Waals surface area contributed by atoms with Gasteiger partial charge in [0.2, 0.25) is 0 Å². The molecule has 5 aromatic rings. The normalized spacial score (nSPS) is 11.8. The van der Waals surface area contributed by atoms with Gasteiger partial charge in [0.05, 0.1) is 21.3 Å². The van der Waals surface area contributed by atoms with E-state index in [2.05, 4.69) is 77.6 Å². The maximum atomic E-state index is 6.49. The van der Waals surface area contributed by atoms with Crippen LogP contribution in [0, 0.1) is 0 Å². The molecule has 3 aromatic carbocycles. The highest BCUT2D eigenvalue weighted by atomic mass is 35.5. The number of para-hydroxylation sites is 1. The molecule has 2 aromatic heterocycles. The van der Waals surface area contributed by atoms with E-state index in [-0.39, 0.29) is 0 Å². The summed E-state index contributed by atoms with van der Waals surface area (Å²) in [5.41, 5.74) is 6.04. The first kappa shape index (κ1) is 26.6. The summed E-state index contributed by atoms with van der Waals surface area (Å²) in [5.74, 6) is 0. The molecule has 0 spiro atoms. The number of fused-ring (bicyclic) bond motifs is 2. The standard InChI is InChI=1S/C31H29Cl3N4/c1-37(2)16-6-15-35-29-18-24(36-28-14-12-23(32)17-26(28)29)13-11-21-19-38(30-10-4-3-8-25(21)30)20-22-7-5-9-27(33)31(22)34/h3-5,7-14,17-19H,6,15-16,20H2,1-2H3,(H,35,36)/b13-11+. The molecule has 194 valence electrons. The molecule has 1 N–H and O–H groups in total. The lowest BCUT2D eigenvalue weighted by molar-refractivity contribution is 0.405. The maximum absolute atomic E-state index is 6.49. The number of benzene rings is 3. The highest BCUT2D eigenvalue weighted by Gasteiger charge is 2.11. The van der Waals surface area contributed by atoms with Gasteiger partial charge in [0, 0.05) is 51.8 Å². The molecule has 0 saturated carbocycles. The Morgan fingerprint density at radius 1 is 0.921 bits per heavy atom. The molecular formula is C31H29Cl3N4. The summed E-state index contributed by atoms with van der Waals surface area (Å²) in [4.78, 5) is 7.08. The molecule has 0 bridgehead atoms. The largest absolute Gasteiger partial charge is 0.384 e. The van der Waals surface area contributed by atoms with E-state index in [0.717, 1.165) is 63.8 Å². The molecule has 2 heterocycles. The van der Waals surface area contributed by atoms with Crippen molar-refractivity contribution in [1.29, 1.82) is 0 Å². The molecule has 4 nitrogen and oxygen atoms in total. The highest BCUT2D eigenvalue weighted by molar-refractivity contribution is 6.42. The van der Waals surface area contributed by atoms with E-state index in [1.165, 1.54) is 0 Å². The van der Waals surface area contributed by atoms with Gasteiger partial charge in [0.25, 0.3) is 0 Å². The molecule has 0 aliphatic carbocycles. The number of nitrogens with zero attached hydrogens (tertiary/aromatic N) is 3. The van der Waals surface area contributed by atoms with Gasteiger partial charge in [-0.15, -0.1) is 0 Å². The van der Waals surface area contributed by atoms with Crippen molar-refractivity contribution in [3.05, 3.63) is 105 Å². The predicted molar refractivity (Wildman–Crippen MR) is 165 cm³/mol. The fourth-order valence-electron chi connectivity index (χ4n) is 4.64. The Labute approximate surface area is 238 Å².